The van der Waals surface area contributed by atoms with Gasteiger partial charge in [-0.2, -0.15) is 0 Å². The van der Waals surface area contributed by atoms with E-state index in [9.17, 15) is 4.79 Å². The molecule has 3 rings (SSSR count). The number of hydrogen-bond acceptors (Lipinski definition) is 1. The molecule has 0 heterocycles. The first-order valence-electron chi connectivity index (χ1n) is 7.55. The summed E-state index contributed by atoms with van der Waals surface area (Å²) >= 11 is 6.23. The summed E-state index contributed by atoms with van der Waals surface area (Å²) in [5.41, 5.74) is 2.44. The minimum atomic E-state index is 0.101. The molecule has 1 fully saturated rings. The fourth-order valence-corrected chi connectivity index (χ4v) is 3.48. The highest BCUT2D eigenvalue weighted by molar-refractivity contribution is 6.31. The lowest BCUT2D eigenvalue weighted by molar-refractivity contribution is -0.124. The summed E-state index contributed by atoms with van der Waals surface area (Å²) in [4.78, 5) is 12.2. The van der Waals surface area contributed by atoms with Crippen molar-refractivity contribution in [2.45, 2.75) is 31.6 Å². The van der Waals surface area contributed by atoms with Gasteiger partial charge in [0.2, 0.25) is 0 Å². The van der Waals surface area contributed by atoms with E-state index >= 15 is 0 Å². The highest BCUT2D eigenvalue weighted by Crippen LogP contribution is 2.36. The van der Waals surface area contributed by atoms with Crippen LogP contribution in [0.25, 0.3) is 0 Å². The predicted molar refractivity (Wildman–Crippen MR) is 86.7 cm³/mol. The van der Waals surface area contributed by atoms with Gasteiger partial charge in [0, 0.05) is 17.4 Å². The third-order valence-corrected chi connectivity index (χ3v) is 4.83. The van der Waals surface area contributed by atoms with E-state index in [0.717, 1.165) is 29.8 Å². The molecule has 1 aliphatic carbocycles. The fourth-order valence-electron chi connectivity index (χ4n) is 3.27. The maximum atomic E-state index is 12.2. The van der Waals surface area contributed by atoms with Gasteiger partial charge < -0.3 is 0 Å². The van der Waals surface area contributed by atoms with Crippen LogP contribution in [-0.4, -0.2) is 5.78 Å². The van der Waals surface area contributed by atoms with Gasteiger partial charge in [0.05, 0.1) is 0 Å². The van der Waals surface area contributed by atoms with E-state index in [2.05, 4.69) is 24.3 Å². The van der Waals surface area contributed by atoms with Crippen LogP contribution in [0.5, 0.6) is 0 Å². The van der Waals surface area contributed by atoms with Gasteiger partial charge in [-0.3, -0.25) is 4.79 Å². The maximum Gasteiger partial charge on any atom is 0.136 e. The Labute approximate surface area is 131 Å². The standard InChI is InChI=1S/C19H19ClO/c20-18-9-5-4-8-16(18)13-17-12-15(10-11-19(17)21)14-6-2-1-3-7-14/h1-9,15,17H,10-13H2. The van der Waals surface area contributed by atoms with Crippen molar-refractivity contribution in [2.24, 2.45) is 5.92 Å². The normalized spacial score (nSPS) is 22.2. The molecule has 2 heteroatoms. The first-order valence-corrected chi connectivity index (χ1v) is 7.93. The van der Waals surface area contributed by atoms with Crippen LogP contribution in [0.3, 0.4) is 0 Å². The molecule has 0 aromatic heterocycles. The average molecular weight is 299 g/mol. The number of rotatable bonds is 3. The zero-order chi connectivity index (χ0) is 14.7. The van der Waals surface area contributed by atoms with E-state index in [4.69, 9.17) is 11.6 Å². The fraction of sp³-hybridized carbons (Fsp3) is 0.316. The molecule has 0 aliphatic heterocycles. The molecular formula is C19H19ClO. The number of Topliss-reactive ketones (excluding diaryl/α,β-unsaturated/α-hetero) is 1. The van der Waals surface area contributed by atoms with Gasteiger partial charge in [0.15, 0.2) is 0 Å². The molecule has 2 atom stereocenters. The van der Waals surface area contributed by atoms with Crippen molar-refractivity contribution in [2.75, 3.05) is 0 Å². The first kappa shape index (κ1) is 14.3. The molecule has 108 valence electrons. The molecule has 1 aliphatic rings. The molecule has 0 N–H and O–H groups in total. The van der Waals surface area contributed by atoms with E-state index in [-0.39, 0.29) is 5.92 Å². The largest absolute Gasteiger partial charge is 0.299 e. The van der Waals surface area contributed by atoms with Crippen molar-refractivity contribution in [1.29, 1.82) is 0 Å². The van der Waals surface area contributed by atoms with Crippen LogP contribution in [0, 0.1) is 5.92 Å². The quantitative estimate of drug-likeness (QED) is 0.776. The van der Waals surface area contributed by atoms with Crippen LogP contribution in [-0.2, 0) is 11.2 Å². The number of ketones is 1. The summed E-state index contributed by atoms with van der Waals surface area (Å²) in [5.74, 6) is 0.988. The van der Waals surface area contributed by atoms with E-state index in [1.54, 1.807) is 0 Å². The lowest BCUT2D eigenvalue weighted by atomic mass is 9.75. The summed E-state index contributed by atoms with van der Waals surface area (Å²) in [6.45, 7) is 0. The summed E-state index contributed by atoms with van der Waals surface area (Å²) in [7, 11) is 0. The smallest absolute Gasteiger partial charge is 0.136 e. The molecule has 0 spiro atoms. The Bertz CT molecular complexity index is 620. The van der Waals surface area contributed by atoms with Gasteiger partial charge in [0.1, 0.15) is 5.78 Å². The topological polar surface area (TPSA) is 17.1 Å². The van der Waals surface area contributed by atoms with Crippen molar-refractivity contribution in [3.63, 3.8) is 0 Å². The second kappa shape index (κ2) is 6.44. The van der Waals surface area contributed by atoms with Crippen LogP contribution >= 0.6 is 11.6 Å². The molecular weight excluding hydrogens is 280 g/mol. The van der Waals surface area contributed by atoms with Gasteiger partial charge >= 0.3 is 0 Å². The van der Waals surface area contributed by atoms with E-state index < -0.39 is 0 Å². The molecule has 0 bridgehead atoms. The predicted octanol–water partition coefficient (Wildman–Crippen LogP) is 5.04. The number of benzene rings is 2. The Kier molecular flexibility index (Phi) is 4.40. The Hall–Kier alpha value is -1.60. The molecule has 1 nitrogen and oxygen atoms in total. The minimum absolute atomic E-state index is 0.101. The van der Waals surface area contributed by atoms with Crippen molar-refractivity contribution < 1.29 is 4.79 Å². The molecule has 2 aromatic carbocycles. The molecule has 2 aromatic rings. The number of hydrogen-bond donors (Lipinski definition) is 0. The van der Waals surface area contributed by atoms with Crippen molar-refractivity contribution in [3.8, 4) is 0 Å². The van der Waals surface area contributed by atoms with E-state index in [1.807, 2.05) is 30.3 Å². The van der Waals surface area contributed by atoms with Gasteiger partial charge in [-0.05, 0) is 42.4 Å². The SMILES string of the molecule is O=C1CCC(c2ccccc2)CC1Cc1ccccc1Cl. The molecule has 0 amide bonds. The van der Waals surface area contributed by atoms with Crippen molar-refractivity contribution >= 4 is 17.4 Å². The van der Waals surface area contributed by atoms with Crippen molar-refractivity contribution in [1.82, 2.24) is 0 Å². The monoisotopic (exact) mass is 298 g/mol. The Balaban J connectivity index is 1.75. The molecule has 1 saturated carbocycles. The highest BCUT2D eigenvalue weighted by Gasteiger charge is 2.29. The van der Waals surface area contributed by atoms with Gasteiger partial charge in [-0.1, -0.05) is 60.1 Å². The summed E-state index contributed by atoms with van der Waals surface area (Å²) in [6.07, 6.45) is 3.37. The van der Waals surface area contributed by atoms with Gasteiger partial charge in [-0.15, -0.1) is 0 Å². The van der Waals surface area contributed by atoms with Crippen LogP contribution in [0.2, 0.25) is 5.02 Å². The number of carbonyl (C=O) groups excluding carboxylic acids is 1. The van der Waals surface area contributed by atoms with E-state index in [0.29, 0.717) is 18.1 Å². The first-order chi connectivity index (χ1) is 10.2. The average Bonchev–Trinajstić information content (AvgIpc) is 2.52. The molecule has 2 unspecified atom stereocenters. The maximum absolute atomic E-state index is 12.2. The highest BCUT2D eigenvalue weighted by atomic mass is 35.5. The summed E-state index contributed by atoms with van der Waals surface area (Å²) in [6, 6.07) is 18.4. The Morgan fingerprint density at radius 3 is 2.48 bits per heavy atom. The van der Waals surface area contributed by atoms with Gasteiger partial charge in [-0.25, -0.2) is 0 Å². The minimum Gasteiger partial charge on any atom is -0.299 e. The zero-order valence-electron chi connectivity index (χ0n) is 12.0. The lowest BCUT2D eigenvalue weighted by Crippen LogP contribution is -2.25. The number of carbonyl (C=O) groups is 1. The molecule has 0 radical (unpaired) electrons. The zero-order valence-corrected chi connectivity index (χ0v) is 12.7. The summed E-state index contributed by atoms with van der Waals surface area (Å²) < 4.78 is 0. The summed E-state index contributed by atoms with van der Waals surface area (Å²) in [5, 5.41) is 0.770. The Morgan fingerprint density at radius 2 is 1.71 bits per heavy atom. The van der Waals surface area contributed by atoms with Crippen LogP contribution in [0.15, 0.2) is 54.6 Å². The second-order valence-corrected chi connectivity index (χ2v) is 6.25. The molecule has 21 heavy (non-hydrogen) atoms. The van der Waals surface area contributed by atoms with Crippen LogP contribution in [0.1, 0.15) is 36.3 Å². The van der Waals surface area contributed by atoms with Crippen LogP contribution in [0.4, 0.5) is 0 Å². The van der Waals surface area contributed by atoms with Gasteiger partial charge in [0.25, 0.3) is 0 Å². The third kappa shape index (κ3) is 3.36. The molecule has 0 saturated heterocycles. The van der Waals surface area contributed by atoms with Crippen LogP contribution < -0.4 is 0 Å². The van der Waals surface area contributed by atoms with E-state index in [1.165, 1.54) is 5.56 Å². The second-order valence-electron chi connectivity index (χ2n) is 5.84. The van der Waals surface area contributed by atoms with Crippen molar-refractivity contribution in [3.05, 3.63) is 70.7 Å². The lowest BCUT2D eigenvalue weighted by Gasteiger charge is -2.28. The number of halogens is 1. The Morgan fingerprint density at radius 1 is 1.00 bits per heavy atom. The third-order valence-electron chi connectivity index (χ3n) is 4.46.